The maximum atomic E-state index is 6.14. The fourth-order valence-electron chi connectivity index (χ4n) is 1.93. The van der Waals surface area contributed by atoms with E-state index in [0.29, 0.717) is 17.3 Å². The molecule has 2 rings (SSSR count). The van der Waals surface area contributed by atoms with Crippen LogP contribution in [-0.2, 0) is 13.5 Å². The standard InChI is InChI=1S/C13H16ClN3O/c1-17-8-10(12(16-17)5-6-15)9-3-4-13(18-2)11(14)7-9/h3-4,7-8H,5-6,15H2,1-2H3. The monoisotopic (exact) mass is 265 g/mol. The number of aryl methyl sites for hydroxylation is 1. The Morgan fingerprint density at radius 1 is 1.44 bits per heavy atom. The molecule has 0 spiro atoms. The van der Waals surface area contributed by atoms with Crippen LogP contribution in [0.5, 0.6) is 5.75 Å². The van der Waals surface area contributed by atoms with Gasteiger partial charge in [0.15, 0.2) is 0 Å². The van der Waals surface area contributed by atoms with Crippen molar-refractivity contribution in [1.82, 2.24) is 9.78 Å². The van der Waals surface area contributed by atoms with Gasteiger partial charge in [-0.25, -0.2) is 0 Å². The molecule has 0 bridgehead atoms. The van der Waals surface area contributed by atoms with Crippen molar-refractivity contribution in [3.63, 3.8) is 0 Å². The first-order chi connectivity index (χ1) is 8.65. The average molecular weight is 266 g/mol. The number of halogens is 1. The summed E-state index contributed by atoms with van der Waals surface area (Å²) in [6.45, 7) is 0.577. The van der Waals surface area contributed by atoms with E-state index in [2.05, 4.69) is 5.10 Å². The van der Waals surface area contributed by atoms with Crippen molar-refractivity contribution in [2.24, 2.45) is 12.8 Å². The predicted molar refractivity (Wildman–Crippen MR) is 73.0 cm³/mol. The van der Waals surface area contributed by atoms with Crippen LogP contribution in [0.15, 0.2) is 24.4 Å². The van der Waals surface area contributed by atoms with E-state index in [-0.39, 0.29) is 0 Å². The zero-order valence-corrected chi connectivity index (χ0v) is 11.2. The van der Waals surface area contributed by atoms with Gasteiger partial charge in [0.05, 0.1) is 17.8 Å². The summed E-state index contributed by atoms with van der Waals surface area (Å²) < 4.78 is 6.94. The Morgan fingerprint density at radius 2 is 2.22 bits per heavy atom. The second-order valence-electron chi connectivity index (χ2n) is 4.05. The third-order valence-electron chi connectivity index (χ3n) is 2.75. The number of hydrogen-bond acceptors (Lipinski definition) is 3. The molecular weight excluding hydrogens is 250 g/mol. The molecular formula is C13H16ClN3O. The lowest BCUT2D eigenvalue weighted by Crippen LogP contribution is -2.04. The molecule has 5 heteroatoms. The Morgan fingerprint density at radius 3 is 2.83 bits per heavy atom. The third-order valence-corrected chi connectivity index (χ3v) is 3.04. The highest BCUT2D eigenvalue weighted by Crippen LogP contribution is 2.31. The van der Waals surface area contributed by atoms with Crippen molar-refractivity contribution in [1.29, 1.82) is 0 Å². The Balaban J connectivity index is 2.44. The zero-order valence-electron chi connectivity index (χ0n) is 10.5. The van der Waals surface area contributed by atoms with Crippen LogP contribution in [0, 0.1) is 0 Å². The largest absolute Gasteiger partial charge is 0.495 e. The molecule has 0 radical (unpaired) electrons. The maximum absolute atomic E-state index is 6.14. The van der Waals surface area contributed by atoms with Crippen LogP contribution >= 0.6 is 11.6 Å². The summed E-state index contributed by atoms with van der Waals surface area (Å²) in [5.74, 6) is 0.671. The van der Waals surface area contributed by atoms with E-state index in [1.54, 1.807) is 11.8 Å². The van der Waals surface area contributed by atoms with E-state index in [9.17, 15) is 0 Å². The molecule has 0 fully saturated rings. The minimum absolute atomic E-state index is 0.577. The van der Waals surface area contributed by atoms with Gasteiger partial charge in [-0.1, -0.05) is 17.7 Å². The molecule has 96 valence electrons. The minimum atomic E-state index is 0.577. The molecule has 1 aromatic carbocycles. The molecule has 1 aromatic heterocycles. The van der Waals surface area contributed by atoms with Crippen LogP contribution in [-0.4, -0.2) is 23.4 Å². The SMILES string of the molecule is COc1ccc(-c2cn(C)nc2CCN)cc1Cl. The lowest BCUT2D eigenvalue weighted by atomic mass is 10.0. The molecule has 0 saturated heterocycles. The second-order valence-corrected chi connectivity index (χ2v) is 4.46. The first kappa shape index (κ1) is 12.9. The van der Waals surface area contributed by atoms with Crippen LogP contribution in [0.4, 0.5) is 0 Å². The molecule has 0 amide bonds. The molecule has 0 aliphatic carbocycles. The lowest BCUT2D eigenvalue weighted by molar-refractivity contribution is 0.415. The summed E-state index contributed by atoms with van der Waals surface area (Å²) >= 11 is 6.14. The fourth-order valence-corrected chi connectivity index (χ4v) is 2.19. The van der Waals surface area contributed by atoms with Gasteiger partial charge in [0, 0.05) is 25.2 Å². The number of hydrogen-bond donors (Lipinski definition) is 1. The van der Waals surface area contributed by atoms with Crippen LogP contribution in [0.3, 0.4) is 0 Å². The van der Waals surface area contributed by atoms with Gasteiger partial charge < -0.3 is 10.5 Å². The van der Waals surface area contributed by atoms with Crippen molar-refractivity contribution >= 4 is 11.6 Å². The minimum Gasteiger partial charge on any atom is -0.495 e. The second kappa shape index (κ2) is 5.42. The molecule has 0 aliphatic heterocycles. The topological polar surface area (TPSA) is 53.1 Å². The molecule has 18 heavy (non-hydrogen) atoms. The first-order valence-electron chi connectivity index (χ1n) is 5.72. The van der Waals surface area contributed by atoms with Gasteiger partial charge in [0.2, 0.25) is 0 Å². The van der Waals surface area contributed by atoms with Crippen LogP contribution in [0.1, 0.15) is 5.69 Å². The number of methoxy groups -OCH3 is 1. The van der Waals surface area contributed by atoms with E-state index in [1.807, 2.05) is 31.4 Å². The van der Waals surface area contributed by atoms with Gasteiger partial charge in [0.1, 0.15) is 5.75 Å². The van der Waals surface area contributed by atoms with E-state index in [1.165, 1.54) is 0 Å². The molecule has 0 saturated carbocycles. The summed E-state index contributed by atoms with van der Waals surface area (Å²) in [5, 5.41) is 5.01. The van der Waals surface area contributed by atoms with Crippen molar-refractivity contribution in [2.75, 3.05) is 13.7 Å². The summed E-state index contributed by atoms with van der Waals surface area (Å²) in [6.07, 6.45) is 2.73. The Hall–Kier alpha value is -1.52. The highest BCUT2D eigenvalue weighted by atomic mass is 35.5. The molecule has 0 aliphatic rings. The average Bonchev–Trinajstić information content (AvgIpc) is 2.71. The smallest absolute Gasteiger partial charge is 0.137 e. The normalized spacial score (nSPS) is 10.7. The highest BCUT2D eigenvalue weighted by molar-refractivity contribution is 6.32. The van der Waals surface area contributed by atoms with Crippen LogP contribution in [0.25, 0.3) is 11.1 Å². The zero-order chi connectivity index (χ0) is 13.1. The van der Waals surface area contributed by atoms with Gasteiger partial charge in [-0.05, 0) is 24.2 Å². The van der Waals surface area contributed by atoms with E-state index in [4.69, 9.17) is 22.1 Å². The number of nitrogens with two attached hydrogens (primary N) is 1. The Kier molecular flexibility index (Phi) is 3.89. The van der Waals surface area contributed by atoms with Crippen LogP contribution in [0.2, 0.25) is 5.02 Å². The van der Waals surface area contributed by atoms with Crippen molar-refractivity contribution in [2.45, 2.75) is 6.42 Å². The summed E-state index contributed by atoms with van der Waals surface area (Å²) in [6, 6.07) is 5.72. The predicted octanol–water partition coefficient (Wildman–Crippen LogP) is 2.25. The third kappa shape index (κ3) is 2.49. The number of ether oxygens (including phenoxy) is 1. The Labute approximate surface area is 111 Å². The van der Waals surface area contributed by atoms with Crippen molar-refractivity contribution in [3.8, 4) is 16.9 Å². The molecule has 2 N–H and O–H groups in total. The molecule has 0 unspecified atom stereocenters. The number of aromatic nitrogens is 2. The number of nitrogens with zero attached hydrogens (tertiary/aromatic N) is 2. The molecule has 0 atom stereocenters. The van der Waals surface area contributed by atoms with Crippen LogP contribution < -0.4 is 10.5 Å². The number of rotatable bonds is 4. The van der Waals surface area contributed by atoms with Gasteiger partial charge in [-0.2, -0.15) is 5.10 Å². The Bertz CT molecular complexity index is 551. The summed E-state index contributed by atoms with van der Waals surface area (Å²) in [4.78, 5) is 0. The van der Waals surface area contributed by atoms with E-state index in [0.717, 1.165) is 23.2 Å². The van der Waals surface area contributed by atoms with Gasteiger partial charge >= 0.3 is 0 Å². The fraction of sp³-hybridized carbons (Fsp3) is 0.308. The van der Waals surface area contributed by atoms with Crippen molar-refractivity contribution in [3.05, 3.63) is 35.1 Å². The highest BCUT2D eigenvalue weighted by Gasteiger charge is 2.11. The van der Waals surface area contributed by atoms with Gasteiger partial charge in [0.25, 0.3) is 0 Å². The van der Waals surface area contributed by atoms with Crippen molar-refractivity contribution < 1.29 is 4.74 Å². The van der Waals surface area contributed by atoms with E-state index >= 15 is 0 Å². The summed E-state index contributed by atoms with van der Waals surface area (Å²) in [7, 11) is 3.50. The lowest BCUT2D eigenvalue weighted by Gasteiger charge is -2.06. The maximum Gasteiger partial charge on any atom is 0.137 e. The summed E-state index contributed by atoms with van der Waals surface area (Å²) in [5.41, 5.74) is 8.67. The first-order valence-corrected chi connectivity index (χ1v) is 6.10. The molecule has 1 heterocycles. The van der Waals surface area contributed by atoms with Gasteiger partial charge in [-0.3, -0.25) is 4.68 Å². The molecule has 2 aromatic rings. The van der Waals surface area contributed by atoms with E-state index < -0.39 is 0 Å². The van der Waals surface area contributed by atoms with Gasteiger partial charge in [-0.15, -0.1) is 0 Å². The number of benzene rings is 1. The molecule has 4 nitrogen and oxygen atoms in total. The quantitative estimate of drug-likeness (QED) is 0.923.